The number of aryl methyl sites for hydroxylation is 1. The Bertz CT molecular complexity index is 596. The van der Waals surface area contributed by atoms with Crippen LogP contribution >= 0.6 is 0 Å². The van der Waals surface area contributed by atoms with Gasteiger partial charge in [-0.15, -0.1) is 0 Å². The zero-order chi connectivity index (χ0) is 15.6. The molecule has 0 bridgehead atoms. The number of benzene rings is 1. The molecule has 1 aliphatic rings. The van der Waals surface area contributed by atoms with Crippen LogP contribution in [0, 0.1) is 18.8 Å². The van der Waals surface area contributed by atoms with Gasteiger partial charge in [-0.3, -0.25) is 0 Å². The van der Waals surface area contributed by atoms with E-state index < -0.39 is 10.0 Å². The lowest BCUT2D eigenvalue weighted by Crippen LogP contribution is -2.32. The van der Waals surface area contributed by atoms with Crippen LogP contribution in [-0.4, -0.2) is 25.8 Å². The van der Waals surface area contributed by atoms with Crippen molar-refractivity contribution in [3.8, 4) is 0 Å². The quantitative estimate of drug-likeness (QED) is 0.873. The lowest BCUT2D eigenvalue weighted by Gasteiger charge is -2.21. The third-order valence-corrected chi connectivity index (χ3v) is 6.46. The average molecular weight is 310 g/mol. The molecule has 4 nitrogen and oxygen atoms in total. The summed E-state index contributed by atoms with van der Waals surface area (Å²) in [6, 6.07) is 5.01. The van der Waals surface area contributed by atoms with Crippen LogP contribution in [0.15, 0.2) is 23.1 Å². The van der Waals surface area contributed by atoms with Crippen molar-refractivity contribution in [1.29, 1.82) is 0 Å². The fourth-order valence-corrected chi connectivity index (χ4v) is 4.46. The second-order valence-electron chi connectivity index (χ2n) is 6.36. The molecule has 2 rings (SSSR count). The fourth-order valence-electron chi connectivity index (χ4n) is 2.93. The Morgan fingerprint density at radius 3 is 2.57 bits per heavy atom. The van der Waals surface area contributed by atoms with Crippen molar-refractivity contribution in [1.82, 2.24) is 4.31 Å². The van der Waals surface area contributed by atoms with Gasteiger partial charge in [0.2, 0.25) is 10.0 Å². The number of anilines is 1. The Balaban J connectivity index is 2.21. The summed E-state index contributed by atoms with van der Waals surface area (Å²) in [4.78, 5) is 0.314. The van der Waals surface area contributed by atoms with Crippen LogP contribution in [0.1, 0.15) is 38.7 Å². The molecule has 1 fully saturated rings. The number of sulfonamides is 1. The molecule has 1 unspecified atom stereocenters. The van der Waals surface area contributed by atoms with Crippen molar-refractivity contribution in [2.24, 2.45) is 11.8 Å². The lowest BCUT2D eigenvalue weighted by atomic mass is 9.89. The molecule has 0 amide bonds. The second kappa shape index (κ2) is 6.36. The summed E-state index contributed by atoms with van der Waals surface area (Å²) < 4.78 is 27.1. The first-order valence-corrected chi connectivity index (χ1v) is 9.12. The van der Waals surface area contributed by atoms with Gasteiger partial charge >= 0.3 is 0 Å². The summed E-state index contributed by atoms with van der Waals surface area (Å²) in [7, 11) is -3.42. The first kappa shape index (κ1) is 16.3. The maximum absolute atomic E-state index is 12.8. The molecule has 2 N–H and O–H groups in total. The van der Waals surface area contributed by atoms with Crippen LogP contribution in [0.4, 0.5) is 5.69 Å². The molecular weight excluding hydrogens is 284 g/mol. The van der Waals surface area contributed by atoms with Gasteiger partial charge in [0.25, 0.3) is 0 Å². The zero-order valence-electron chi connectivity index (χ0n) is 13.2. The largest absolute Gasteiger partial charge is 0.398 e. The minimum Gasteiger partial charge on any atom is -0.398 e. The summed E-state index contributed by atoms with van der Waals surface area (Å²) >= 11 is 0. The van der Waals surface area contributed by atoms with Crippen molar-refractivity contribution in [2.45, 2.75) is 44.9 Å². The molecule has 1 aromatic carbocycles. The summed E-state index contributed by atoms with van der Waals surface area (Å²) in [6.07, 6.45) is 2.99. The van der Waals surface area contributed by atoms with Crippen LogP contribution in [0.2, 0.25) is 0 Å². The maximum Gasteiger partial charge on any atom is 0.243 e. The summed E-state index contributed by atoms with van der Waals surface area (Å²) in [5.74, 6) is 1.23. The molecule has 0 spiro atoms. The first-order chi connectivity index (χ1) is 9.82. The van der Waals surface area contributed by atoms with Crippen molar-refractivity contribution in [2.75, 3.05) is 18.8 Å². The molecule has 21 heavy (non-hydrogen) atoms. The molecule has 1 heterocycles. The van der Waals surface area contributed by atoms with Gasteiger partial charge in [0, 0.05) is 18.8 Å². The van der Waals surface area contributed by atoms with E-state index in [1.165, 1.54) is 0 Å². The standard InChI is InChI=1S/C16H26N2O2S/c1-12(2)14-5-4-9-18(10-8-14)21(19,20)15-7-6-13(3)16(17)11-15/h6-7,11-12,14H,4-5,8-10,17H2,1-3H3. The second-order valence-corrected chi connectivity index (χ2v) is 8.30. The zero-order valence-corrected chi connectivity index (χ0v) is 14.0. The Morgan fingerprint density at radius 2 is 1.95 bits per heavy atom. The molecule has 0 saturated carbocycles. The lowest BCUT2D eigenvalue weighted by molar-refractivity contribution is 0.341. The normalized spacial score (nSPS) is 21.4. The Hall–Kier alpha value is -1.07. The minimum atomic E-state index is -3.42. The molecule has 1 aliphatic heterocycles. The van der Waals surface area contributed by atoms with Crippen molar-refractivity contribution in [3.63, 3.8) is 0 Å². The van der Waals surface area contributed by atoms with Gasteiger partial charge < -0.3 is 5.73 Å². The molecule has 118 valence electrons. The Morgan fingerprint density at radius 1 is 1.24 bits per heavy atom. The SMILES string of the molecule is Cc1ccc(S(=O)(=O)N2CCCC(C(C)C)CC2)cc1N. The third-order valence-electron chi connectivity index (χ3n) is 4.56. The number of hydrogen-bond donors (Lipinski definition) is 1. The van der Waals surface area contributed by atoms with Crippen LogP contribution in [-0.2, 0) is 10.0 Å². The highest BCUT2D eigenvalue weighted by Gasteiger charge is 2.28. The van der Waals surface area contributed by atoms with Crippen LogP contribution in [0.5, 0.6) is 0 Å². The fraction of sp³-hybridized carbons (Fsp3) is 0.625. The van der Waals surface area contributed by atoms with Crippen molar-refractivity contribution < 1.29 is 8.42 Å². The average Bonchev–Trinajstić information content (AvgIpc) is 2.68. The van der Waals surface area contributed by atoms with E-state index in [2.05, 4.69) is 13.8 Å². The number of nitrogen functional groups attached to an aromatic ring is 1. The highest BCUT2D eigenvalue weighted by Crippen LogP contribution is 2.28. The van der Waals surface area contributed by atoms with Gasteiger partial charge in [-0.1, -0.05) is 19.9 Å². The summed E-state index contributed by atoms with van der Waals surface area (Å²) in [6.45, 7) is 7.54. The molecule has 1 atom stereocenters. The van der Waals surface area contributed by atoms with E-state index in [1.54, 1.807) is 22.5 Å². The van der Waals surface area contributed by atoms with Gasteiger partial charge in [-0.2, -0.15) is 4.31 Å². The van der Waals surface area contributed by atoms with E-state index in [0.717, 1.165) is 24.8 Å². The van der Waals surface area contributed by atoms with E-state index in [4.69, 9.17) is 5.73 Å². The molecule has 1 aromatic rings. The van der Waals surface area contributed by atoms with Gasteiger partial charge in [-0.05, 0) is 55.7 Å². The summed E-state index contributed by atoms with van der Waals surface area (Å²) in [5.41, 5.74) is 7.30. The highest BCUT2D eigenvalue weighted by atomic mass is 32.2. The van der Waals surface area contributed by atoms with E-state index >= 15 is 0 Å². The number of nitrogens with zero attached hydrogens (tertiary/aromatic N) is 1. The van der Waals surface area contributed by atoms with Crippen LogP contribution in [0.25, 0.3) is 0 Å². The highest BCUT2D eigenvalue weighted by molar-refractivity contribution is 7.89. The monoisotopic (exact) mass is 310 g/mol. The third kappa shape index (κ3) is 3.58. The molecule has 0 radical (unpaired) electrons. The first-order valence-electron chi connectivity index (χ1n) is 7.68. The van der Waals surface area contributed by atoms with Crippen LogP contribution in [0.3, 0.4) is 0 Å². The molecule has 0 aromatic heterocycles. The number of rotatable bonds is 3. The van der Waals surface area contributed by atoms with Gasteiger partial charge in [0.1, 0.15) is 0 Å². The molecular formula is C16H26N2O2S. The number of nitrogens with two attached hydrogens (primary N) is 1. The van der Waals surface area contributed by atoms with Crippen molar-refractivity contribution in [3.05, 3.63) is 23.8 Å². The van der Waals surface area contributed by atoms with E-state index in [0.29, 0.717) is 35.5 Å². The summed E-state index contributed by atoms with van der Waals surface area (Å²) in [5, 5.41) is 0. The van der Waals surface area contributed by atoms with Gasteiger partial charge in [0.05, 0.1) is 4.90 Å². The maximum atomic E-state index is 12.8. The topological polar surface area (TPSA) is 63.4 Å². The predicted molar refractivity (Wildman–Crippen MR) is 86.5 cm³/mol. The molecule has 5 heteroatoms. The Labute approximate surface area is 128 Å². The van der Waals surface area contributed by atoms with Gasteiger partial charge in [0.15, 0.2) is 0 Å². The van der Waals surface area contributed by atoms with Crippen molar-refractivity contribution >= 4 is 15.7 Å². The predicted octanol–water partition coefficient (Wildman–Crippen LogP) is 3.02. The number of hydrogen-bond acceptors (Lipinski definition) is 3. The Kier molecular flexibility index (Phi) is 4.94. The smallest absolute Gasteiger partial charge is 0.243 e. The van der Waals surface area contributed by atoms with Gasteiger partial charge in [-0.25, -0.2) is 8.42 Å². The van der Waals surface area contributed by atoms with E-state index in [1.807, 2.05) is 6.92 Å². The minimum absolute atomic E-state index is 0.314. The van der Waals surface area contributed by atoms with E-state index in [9.17, 15) is 8.42 Å². The van der Waals surface area contributed by atoms with E-state index in [-0.39, 0.29) is 0 Å². The van der Waals surface area contributed by atoms with Crippen LogP contribution < -0.4 is 5.73 Å². The molecule has 0 aliphatic carbocycles. The molecule has 1 saturated heterocycles.